The maximum atomic E-state index is 12.2. The zero-order chi connectivity index (χ0) is 32.4. The summed E-state index contributed by atoms with van der Waals surface area (Å²) in [7, 11) is 0. The minimum atomic E-state index is -0.861. The molecule has 0 radical (unpaired) electrons. The second-order valence-corrected chi connectivity index (χ2v) is 12.6. The Morgan fingerprint density at radius 1 is 1.13 bits per heavy atom. The first-order chi connectivity index (χ1) is 21.7. The molecule has 11 nitrogen and oxygen atoms in total. The Kier molecular flexibility index (Phi) is 17.4. The predicted molar refractivity (Wildman–Crippen MR) is 171 cm³/mol. The molecule has 2 aliphatic rings. The number of nitrogens with zero attached hydrogens (tertiary/aromatic N) is 2. The number of likely N-dealkylation sites (tertiary alicyclic amines) is 1. The van der Waals surface area contributed by atoms with Gasteiger partial charge in [0.15, 0.2) is 0 Å². The normalized spacial score (nSPS) is 23.8. The lowest BCUT2D eigenvalue weighted by molar-refractivity contribution is -0.492. The molecule has 254 valence electrons. The molecule has 5 atom stereocenters. The summed E-state index contributed by atoms with van der Waals surface area (Å²) >= 11 is 5.96. The van der Waals surface area contributed by atoms with Gasteiger partial charge in [-0.3, -0.25) is 20.0 Å². The zero-order valence-corrected chi connectivity index (χ0v) is 26.9. The fourth-order valence-electron chi connectivity index (χ4n) is 6.14. The molecule has 0 spiro atoms. The summed E-state index contributed by atoms with van der Waals surface area (Å²) in [5.74, 6) is 0.850. The monoisotopic (exact) mass is 653 g/mol. The van der Waals surface area contributed by atoms with Crippen LogP contribution in [-0.4, -0.2) is 99.6 Å². The molecule has 1 saturated carbocycles. The van der Waals surface area contributed by atoms with Gasteiger partial charge in [0.1, 0.15) is 18.5 Å². The molecule has 3 rings (SSSR count). The van der Waals surface area contributed by atoms with E-state index in [2.05, 4.69) is 15.1 Å². The van der Waals surface area contributed by atoms with E-state index in [9.17, 15) is 20.1 Å². The highest BCUT2D eigenvalue weighted by Crippen LogP contribution is 2.36. The Bertz CT molecular complexity index is 1040. The van der Waals surface area contributed by atoms with Crippen molar-refractivity contribution in [2.75, 3.05) is 39.4 Å². The second kappa shape index (κ2) is 20.9. The predicted octanol–water partition coefficient (Wildman–Crippen LogP) is 4.12. The Morgan fingerprint density at radius 2 is 1.93 bits per heavy atom. The molecule has 1 amide bonds. The lowest BCUT2D eigenvalue weighted by Gasteiger charge is -2.32. The molecule has 0 aromatic heterocycles. The molecule has 1 saturated heterocycles. The first kappa shape index (κ1) is 37.4. The van der Waals surface area contributed by atoms with Crippen LogP contribution in [0, 0.1) is 17.8 Å². The summed E-state index contributed by atoms with van der Waals surface area (Å²) in [5, 5.41) is 51.8. The largest absolute Gasteiger partial charge is 0.491 e. The summed E-state index contributed by atoms with van der Waals surface area (Å²) in [6.45, 7) is 4.09. The number of carbonyl (C=O) groups is 1. The fourth-order valence-corrected chi connectivity index (χ4v) is 6.32. The molecule has 0 unspecified atom stereocenters. The number of piperidine rings is 1. The maximum Gasteiger partial charge on any atom is 0.220 e. The zero-order valence-electron chi connectivity index (χ0n) is 26.1. The van der Waals surface area contributed by atoms with E-state index in [1.54, 1.807) is 36.4 Å². The molecule has 0 bridgehead atoms. The van der Waals surface area contributed by atoms with E-state index < -0.39 is 18.3 Å². The first-order valence-electron chi connectivity index (χ1n) is 16.3. The minimum Gasteiger partial charge on any atom is -0.491 e. The number of rotatable bonds is 20. The van der Waals surface area contributed by atoms with E-state index in [4.69, 9.17) is 26.8 Å². The third kappa shape index (κ3) is 14.9. The highest BCUT2D eigenvalue weighted by Gasteiger charge is 2.39. The Hall–Kier alpha value is -2.06. The second-order valence-electron chi connectivity index (χ2n) is 12.1. The smallest absolute Gasteiger partial charge is 0.220 e. The average molecular weight is 654 g/mol. The molecule has 1 heterocycles. The van der Waals surface area contributed by atoms with Gasteiger partial charge >= 0.3 is 0 Å². The van der Waals surface area contributed by atoms with Gasteiger partial charge in [-0.1, -0.05) is 42.0 Å². The lowest BCUT2D eigenvalue weighted by atomic mass is 9.89. The van der Waals surface area contributed by atoms with Gasteiger partial charge in [0.2, 0.25) is 5.91 Å². The van der Waals surface area contributed by atoms with E-state index in [1.807, 2.05) is 12.2 Å². The molecular formula is C33H52ClN3O8. The van der Waals surface area contributed by atoms with Crippen molar-refractivity contribution in [2.45, 2.75) is 82.5 Å². The van der Waals surface area contributed by atoms with Crippen LogP contribution in [0.25, 0.3) is 0 Å². The molecule has 2 fully saturated rings. The van der Waals surface area contributed by atoms with Crippen molar-refractivity contribution in [3.63, 3.8) is 0 Å². The van der Waals surface area contributed by atoms with E-state index in [0.29, 0.717) is 49.1 Å². The number of unbranched alkanes of at least 4 members (excludes halogenated alkanes) is 1. The van der Waals surface area contributed by atoms with Crippen LogP contribution in [0.5, 0.6) is 5.75 Å². The summed E-state index contributed by atoms with van der Waals surface area (Å²) in [5.41, 5.74) is 0. The van der Waals surface area contributed by atoms with Crippen LogP contribution >= 0.6 is 11.6 Å². The number of ether oxygens (including phenoxy) is 1. The molecule has 1 aromatic rings. The molecule has 1 aliphatic heterocycles. The van der Waals surface area contributed by atoms with Gasteiger partial charge in [0.25, 0.3) is 0 Å². The van der Waals surface area contributed by atoms with Gasteiger partial charge in [0, 0.05) is 30.3 Å². The Balaban J connectivity index is 1.23. The van der Waals surface area contributed by atoms with Crippen molar-refractivity contribution in [2.24, 2.45) is 17.8 Å². The van der Waals surface area contributed by atoms with E-state index in [-0.39, 0.29) is 29.7 Å². The Labute approximate surface area is 271 Å². The van der Waals surface area contributed by atoms with Gasteiger partial charge in [-0.2, -0.15) is 0 Å². The Morgan fingerprint density at radius 3 is 2.69 bits per heavy atom. The van der Waals surface area contributed by atoms with Gasteiger partial charge in [-0.25, -0.2) is 0 Å². The molecule has 1 aromatic carbocycles. The molecule has 6 N–H and O–H groups in total. The van der Waals surface area contributed by atoms with Gasteiger partial charge in [-0.15, -0.1) is 0 Å². The number of amides is 1. The third-order valence-corrected chi connectivity index (χ3v) is 8.92. The molecular weight excluding hydrogens is 602 g/mol. The fraction of sp³-hybridized carbons (Fsp3) is 0.667. The first-order valence-corrected chi connectivity index (χ1v) is 16.6. The van der Waals surface area contributed by atoms with Gasteiger partial charge < -0.3 is 30.3 Å². The van der Waals surface area contributed by atoms with E-state index in [1.165, 1.54) is 0 Å². The van der Waals surface area contributed by atoms with Crippen molar-refractivity contribution in [1.82, 2.24) is 15.6 Å². The number of hydrogen-bond acceptors (Lipinski definition) is 10. The van der Waals surface area contributed by atoms with Crippen LogP contribution in [0.2, 0.25) is 5.02 Å². The highest BCUT2D eigenvalue weighted by molar-refractivity contribution is 6.30. The van der Waals surface area contributed by atoms with Crippen molar-refractivity contribution in [3.05, 3.63) is 53.6 Å². The molecule has 1 aliphatic carbocycles. The summed E-state index contributed by atoms with van der Waals surface area (Å²) in [6.07, 6.45) is 13.1. The van der Waals surface area contributed by atoms with Gasteiger partial charge in [-0.05, 0) is 101 Å². The number of hydrogen-bond donors (Lipinski definition) is 6. The topological polar surface area (TPSA) is 155 Å². The SMILES string of the molecule is O=C(CCC/C=C\C[C@@H]1[C@@H](/C=C/[C@@H](O)COc2cccc(Cl)c2)[C@H](O)C[C@@H]1O)NCCCN1CCC(CCCON(O)O)CC1. The van der Waals surface area contributed by atoms with Crippen LogP contribution < -0.4 is 10.1 Å². The lowest BCUT2D eigenvalue weighted by Crippen LogP contribution is -2.36. The van der Waals surface area contributed by atoms with Crippen LogP contribution in [0.4, 0.5) is 0 Å². The summed E-state index contributed by atoms with van der Waals surface area (Å²) < 4.78 is 5.58. The minimum absolute atomic E-state index is 0.0523. The highest BCUT2D eigenvalue weighted by atomic mass is 35.5. The number of aliphatic hydroxyl groups excluding tert-OH is 3. The van der Waals surface area contributed by atoms with Crippen molar-refractivity contribution >= 4 is 17.5 Å². The maximum absolute atomic E-state index is 12.2. The number of allylic oxidation sites excluding steroid dienone is 2. The number of benzene rings is 1. The van der Waals surface area contributed by atoms with Crippen molar-refractivity contribution < 1.29 is 40.1 Å². The van der Waals surface area contributed by atoms with Crippen molar-refractivity contribution in [3.8, 4) is 5.75 Å². The third-order valence-electron chi connectivity index (χ3n) is 8.68. The number of nitrogens with one attached hydrogen (secondary N) is 1. The van der Waals surface area contributed by atoms with Crippen LogP contribution in [0.1, 0.15) is 64.2 Å². The summed E-state index contributed by atoms with van der Waals surface area (Å²) in [4.78, 5) is 19.3. The van der Waals surface area contributed by atoms with Crippen LogP contribution in [-0.2, 0) is 9.63 Å². The molecule has 45 heavy (non-hydrogen) atoms. The van der Waals surface area contributed by atoms with Crippen LogP contribution in [0.15, 0.2) is 48.6 Å². The van der Waals surface area contributed by atoms with Crippen molar-refractivity contribution in [1.29, 1.82) is 0 Å². The number of aliphatic hydroxyl groups is 3. The number of halogens is 1. The quantitative estimate of drug-likeness (QED) is 0.0688. The summed E-state index contributed by atoms with van der Waals surface area (Å²) in [6, 6.07) is 6.95. The van der Waals surface area contributed by atoms with E-state index in [0.717, 1.165) is 64.6 Å². The van der Waals surface area contributed by atoms with Crippen LogP contribution in [0.3, 0.4) is 0 Å². The number of carbonyl (C=O) groups excluding carboxylic acids is 1. The van der Waals surface area contributed by atoms with Gasteiger partial charge in [0.05, 0.1) is 24.2 Å². The standard InChI is InChI=1S/C33H52ClN3O8/c34-26-9-5-10-28(22-26)44-24-27(38)13-14-30-29(31(39)23-32(30)40)11-3-1-2-4-12-33(41)35-17-7-18-36-19-15-25(16-20-36)8-6-21-45-37(42)43/h1,3,5,9-10,13-14,22,25,27,29-32,38-40,42-43H,2,4,6-8,11-12,15-21,23-24H2,(H,35,41)/b3-1-,14-13+/t27-,29-,30-,31+,32-/m1/s1. The van der Waals surface area contributed by atoms with E-state index >= 15 is 0 Å². The average Bonchev–Trinajstić information content (AvgIpc) is 3.28. The molecule has 12 heteroatoms.